The van der Waals surface area contributed by atoms with E-state index in [4.69, 9.17) is 9.47 Å². The summed E-state index contributed by atoms with van der Waals surface area (Å²) in [4.78, 5) is 28.8. The van der Waals surface area contributed by atoms with Gasteiger partial charge in [0.25, 0.3) is 5.91 Å². The van der Waals surface area contributed by atoms with Crippen molar-refractivity contribution in [3.8, 4) is 11.5 Å². The number of benzene rings is 1. The summed E-state index contributed by atoms with van der Waals surface area (Å²) in [6.45, 7) is 1.47. The number of rotatable bonds is 8. The van der Waals surface area contributed by atoms with Gasteiger partial charge in [0.1, 0.15) is 0 Å². The van der Waals surface area contributed by atoms with Crippen molar-refractivity contribution < 1.29 is 19.1 Å². The number of methoxy groups -OCH3 is 2. The first kappa shape index (κ1) is 21.2. The van der Waals surface area contributed by atoms with E-state index in [-0.39, 0.29) is 11.8 Å². The van der Waals surface area contributed by atoms with Gasteiger partial charge in [-0.15, -0.1) is 11.3 Å². The molecule has 2 heterocycles. The molecule has 7 heteroatoms. The first-order chi connectivity index (χ1) is 14.1. The quantitative estimate of drug-likeness (QED) is 0.695. The monoisotopic (exact) mass is 416 g/mol. The van der Waals surface area contributed by atoms with Gasteiger partial charge in [0.2, 0.25) is 5.91 Å². The zero-order valence-corrected chi connectivity index (χ0v) is 17.8. The molecule has 1 aliphatic rings. The van der Waals surface area contributed by atoms with E-state index in [9.17, 15) is 9.59 Å². The highest BCUT2D eigenvalue weighted by atomic mass is 32.1. The highest BCUT2D eigenvalue weighted by molar-refractivity contribution is 7.09. The summed E-state index contributed by atoms with van der Waals surface area (Å²) >= 11 is 1.70. The van der Waals surface area contributed by atoms with E-state index in [1.165, 1.54) is 19.1 Å². The van der Waals surface area contributed by atoms with Crippen LogP contribution in [0.25, 0.3) is 0 Å². The Labute approximate surface area is 175 Å². The Morgan fingerprint density at radius 3 is 2.48 bits per heavy atom. The highest BCUT2D eigenvalue weighted by Crippen LogP contribution is 2.34. The molecule has 1 aromatic carbocycles. The predicted octanol–water partition coefficient (Wildman–Crippen LogP) is 4.35. The number of aryl methyl sites for hydroxylation is 1. The van der Waals surface area contributed by atoms with E-state index in [2.05, 4.69) is 11.4 Å². The number of nitrogens with one attached hydrogen (secondary N) is 1. The van der Waals surface area contributed by atoms with Gasteiger partial charge in [0.05, 0.1) is 25.5 Å². The van der Waals surface area contributed by atoms with Gasteiger partial charge in [-0.25, -0.2) is 0 Å². The van der Waals surface area contributed by atoms with Crippen LogP contribution in [-0.4, -0.2) is 44.0 Å². The number of thiophene rings is 1. The van der Waals surface area contributed by atoms with Crippen LogP contribution >= 0.6 is 11.3 Å². The number of anilines is 1. The van der Waals surface area contributed by atoms with Crippen molar-refractivity contribution in [3.63, 3.8) is 0 Å². The molecule has 1 aliphatic heterocycles. The molecule has 0 spiro atoms. The Morgan fingerprint density at radius 2 is 1.83 bits per heavy atom. The van der Waals surface area contributed by atoms with Crippen LogP contribution in [0, 0.1) is 0 Å². The fourth-order valence-corrected chi connectivity index (χ4v) is 4.27. The van der Waals surface area contributed by atoms with Crippen molar-refractivity contribution in [1.82, 2.24) is 4.90 Å². The minimum Gasteiger partial charge on any atom is -0.493 e. The maximum Gasteiger partial charge on any atom is 0.256 e. The molecule has 0 atom stereocenters. The molecule has 1 saturated heterocycles. The molecule has 0 aliphatic carbocycles. The Hall–Kier alpha value is -2.54. The van der Waals surface area contributed by atoms with E-state index in [1.807, 2.05) is 16.3 Å². The Morgan fingerprint density at radius 1 is 1.10 bits per heavy atom. The summed E-state index contributed by atoms with van der Waals surface area (Å²) in [6.07, 6.45) is 5.17. The molecule has 1 N–H and O–H groups in total. The van der Waals surface area contributed by atoms with Crippen molar-refractivity contribution in [2.24, 2.45) is 0 Å². The lowest BCUT2D eigenvalue weighted by Crippen LogP contribution is -2.36. The fraction of sp³-hybridized carbons (Fsp3) is 0.455. The Bertz CT molecular complexity index is 830. The zero-order valence-electron chi connectivity index (χ0n) is 17.0. The van der Waals surface area contributed by atoms with Gasteiger partial charge in [0, 0.05) is 30.5 Å². The molecule has 3 rings (SSSR count). The van der Waals surface area contributed by atoms with Gasteiger partial charge in [-0.05, 0) is 49.6 Å². The maximum absolute atomic E-state index is 13.1. The van der Waals surface area contributed by atoms with E-state index in [1.54, 1.807) is 23.5 Å². The first-order valence-electron chi connectivity index (χ1n) is 10.00. The zero-order chi connectivity index (χ0) is 20.6. The summed E-state index contributed by atoms with van der Waals surface area (Å²) in [5.41, 5.74) is 0.913. The standard InChI is InChI=1S/C22H28N2O4S/c1-27-19-14-17(22(26)24-11-4-3-5-12-24)18(15-20(19)28-2)23-21(25)10-6-8-16-9-7-13-29-16/h7,9,13-15H,3-6,8,10-12H2,1-2H3,(H,23,25). The Kier molecular flexibility index (Phi) is 7.52. The van der Waals surface area contributed by atoms with Crippen LogP contribution in [0.2, 0.25) is 0 Å². The van der Waals surface area contributed by atoms with Crippen LogP contribution in [0.4, 0.5) is 5.69 Å². The molecule has 0 radical (unpaired) electrons. The van der Waals surface area contributed by atoms with Crippen LogP contribution in [0.15, 0.2) is 29.6 Å². The smallest absolute Gasteiger partial charge is 0.256 e. The third kappa shape index (κ3) is 5.50. The number of amides is 2. The lowest BCUT2D eigenvalue weighted by atomic mass is 10.1. The molecule has 0 unspecified atom stereocenters. The second-order valence-corrected chi connectivity index (χ2v) is 8.12. The SMILES string of the molecule is COc1cc(NC(=O)CCCc2cccs2)c(C(=O)N2CCCCC2)cc1OC. The minimum atomic E-state index is -0.110. The van der Waals surface area contributed by atoms with Crippen molar-refractivity contribution in [1.29, 1.82) is 0 Å². The minimum absolute atomic E-state index is 0.0838. The van der Waals surface area contributed by atoms with Crippen LogP contribution in [0.1, 0.15) is 47.3 Å². The number of carbonyl (C=O) groups is 2. The maximum atomic E-state index is 13.1. The average Bonchev–Trinajstić information content (AvgIpc) is 3.27. The molecule has 29 heavy (non-hydrogen) atoms. The number of ether oxygens (including phenoxy) is 2. The fourth-order valence-electron chi connectivity index (χ4n) is 3.52. The van der Waals surface area contributed by atoms with Crippen molar-refractivity contribution >= 4 is 28.8 Å². The molecule has 2 aromatic rings. The molecule has 1 fully saturated rings. The van der Waals surface area contributed by atoms with Crippen LogP contribution in [-0.2, 0) is 11.2 Å². The average molecular weight is 417 g/mol. The summed E-state index contributed by atoms with van der Waals surface area (Å²) in [5.74, 6) is 0.765. The second kappa shape index (κ2) is 10.3. The van der Waals surface area contributed by atoms with Gasteiger partial charge < -0.3 is 19.7 Å². The molecule has 6 nitrogen and oxygen atoms in total. The topological polar surface area (TPSA) is 67.9 Å². The van der Waals surface area contributed by atoms with Crippen molar-refractivity contribution in [2.45, 2.75) is 38.5 Å². The third-order valence-electron chi connectivity index (χ3n) is 5.08. The molecular weight excluding hydrogens is 388 g/mol. The van der Waals surface area contributed by atoms with Gasteiger partial charge >= 0.3 is 0 Å². The first-order valence-corrected chi connectivity index (χ1v) is 10.9. The third-order valence-corrected chi connectivity index (χ3v) is 6.01. The number of carbonyl (C=O) groups excluding carboxylic acids is 2. The molecular formula is C22H28N2O4S. The molecule has 156 valence electrons. The van der Waals surface area contributed by atoms with E-state index in [0.717, 1.165) is 45.2 Å². The number of nitrogens with zero attached hydrogens (tertiary/aromatic N) is 1. The van der Waals surface area contributed by atoms with Gasteiger partial charge in [0.15, 0.2) is 11.5 Å². The summed E-state index contributed by atoms with van der Waals surface area (Å²) in [7, 11) is 3.08. The van der Waals surface area contributed by atoms with Crippen molar-refractivity contribution in [2.75, 3.05) is 32.6 Å². The van der Waals surface area contributed by atoms with Gasteiger partial charge in [-0.2, -0.15) is 0 Å². The van der Waals surface area contributed by atoms with E-state index >= 15 is 0 Å². The van der Waals surface area contributed by atoms with Crippen molar-refractivity contribution in [3.05, 3.63) is 40.1 Å². The summed E-state index contributed by atoms with van der Waals surface area (Å²) < 4.78 is 10.7. The largest absolute Gasteiger partial charge is 0.493 e. The summed E-state index contributed by atoms with van der Waals surface area (Å²) in [6, 6.07) is 7.43. The van der Waals surface area contributed by atoms with E-state index < -0.39 is 0 Å². The van der Waals surface area contributed by atoms with Crippen LogP contribution in [0.5, 0.6) is 11.5 Å². The van der Waals surface area contributed by atoms with Crippen LogP contribution < -0.4 is 14.8 Å². The molecule has 0 bridgehead atoms. The lowest BCUT2D eigenvalue weighted by molar-refractivity contribution is -0.116. The second-order valence-electron chi connectivity index (χ2n) is 7.09. The number of hydrogen-bond donors (Lipinski definition) is 1. The molecule has 0 saturated carbocycles. The normalized spacial score (nSPS) is 13.8. The van der Waals surface area contributed by atoms with E-state index in [0.29, 0.717) is 29.2 Å². The van der Waals surface area contributed by atoms with Gasteiger partial charge in [-0.1, -0.05) is 6.07 Å². The van der Waals surface area contributed by atoms with Crippen LogP contribution in [0.3, 0.4) is 0 Å². The predicted molar refractivity (Wildman–Crippen MR) is 115 cm³/mol. The number of piperidine rings is 1. The lowest BCUT2D eigenvalue weighted by Gasteiger charge is -2.28. The number of likely N-dealkylation sites (tertiary alicyclic amines) is 1. The highest BCUT2D eigenvalue weighted by Gasteiger charge is 2.24. The molecule has 1 aromatic heterocycles. The summed E-state index contributed by atoms with van der Waals surface area (Å²) in [5, 5.41) is 4.96. The molecule has 2 amide bonds. The van der Waals surface area contributed by atoms with Gasteiger partial charge in [-0.3, -0.25) is 9.59 Å². The Balaban J connectivity index is 1.75. The number of hydrogen-bond acceptors (Lipinski definition) is 5.